The molecule has 0 saturated carbocycles. The maximum Gasteiger partial charge on any atom is 0.142 e. The summed E-state index contributed by atoms with van der Waals surface area (Å²) in [6.07, 6.45) is 4.59. The predicted octanol–water partition coefficient (Wildman–Crippen LogP) is 1.37. The number of ketones is 1. The molecule has 0 radical (unpaired) electrons. The van der Waals surface area contributed by atoms with Gasteiger partial charge in [0.1, 0.15) is 5.78 Å². The van der Waals surface area contributed by atoms with Crippen molar-refractivity contribution in [3.05, 3.63) is 0 Å². The van der Waals surface area contributed by atoms with E-state index in [4.69, 9.17) is 4.74 Å². The van der Waals surface area contributed by atoms with Crippen LogP contribution in [0.2, 0.25) is 0 Å². The van der Waals surface area contributed by atoms with Gasteiger partial charge in [-0.1, -0.05) is 13.3 Å². The first-order valence-corrected chi connectivity index (χ1v) is 6.14. The third-order valence-electron chi connectivity index (χ3n) is 3.73. The van der Waals surface area contributed by atoms with Crippen molar-refractivity contribution < 1.29 is 9.53 Å². The van der Waals surface area contributed by atoms with Gasteiger partial charge in [-0.2, -0.15) is 0 Å². The van der Waals surface area contributed by atoms with Gasteiger partial charge < -0.3 is 10.1 Å². The summed E-state index contributed by atoms with van der Waals surface area (Å²) < 4.78 is 5.27. The highest BCUT2D eigenvalue weighted by molar-refractivity contribution is 5.84. The molecule has 0 aromatic rings. The van der Waals surface area contributed by atoms with Crippen LogP contribution in [0.4, 0.5) is 0 Å². The number of nitrogens with one attached hydrogen (secondary N) is 1. The minimum Gasteiger partial charge on any atom is -0.381 e. The first kappa shape index (κ1) is 11.1. The van der Waals surface area contributed by atoms with Gasteiger partial charge in [-0.15, -0.1) is 0 Å². The van der Waals surface area contributed by atoms with Crippen LogP contribution < -0.4 is 5.32 Å². The van der Waals surface area contributed by atoms with E-state index in [0.29, 0.717) is 18.4 Å². The minimum absolute atomic E-state index is 0.164. The molecule has 3 unspecified atom stereocenters. The standard InChI is InChI=1S/C12H21NO2/c1-9(11-4-2-3-6-13-11)12(14)10-5-7-15-8-10/h9-11,13H,2-8H2,1H3. The summed E-state index contributed by atoms with van der Waals surface area (Å²) in [4.78, 5) is 12.1. The lowest BCUT2D eigenvalue weighted by Gasteiger charge is -2.29. The molecular weight excluding hydrogens is 190 g/mol. The third-order valence-corrected chi connectivity index (χ3v) is 3.73. The molecule has 3 nitrogen and oxygen atoms in total. The van der Waals surface area contributed by atoms with E-state index in [1.165, 1.54) is 12.8 Å². The topological polar surface area (TPSA) is 38.3 Å². The molecule has 2 fully saturated rings. The second-order valence-corrected chi connectivity index (χ2v) is 4.81. The van der Waals surface area contributed by atoms with Crippen molar-refractivity contribution in [2.24, 2.45) is 11.8 Å². The summed E-state index contributed by atoms with van der Waals surface area (Å²) in [7, 11) is 0. The molecular formula is C12H21NO2. The van der Waals surface area contributed by atoms with E-state index in [1.807, 2.05) is 0 Å². The van der Waals surface area contributed by atoms with Crippen LogP contribution in [0.15, 0.2) is 0 Å². The molecule has 0 spiro atoms. The van der Waals surface area contributed by atoms with Crippen molar-refractivity contribution in [2.45, 2.75) is 38.6 Å². The first-order chi connectivity index (χ1) is 7.29. The Morgan fingerprint density at radius 2 is 2.27 bits per heavy atom. The molecule has 86 valence electrons. The van der Waals surface area contributed by atoms with Gasteiger partial charge in [0, 0.05) is 24.5 Å². The first-order valence-electron chi connectivity index (χ1n) is 6.14. The molecule has 2 aliphatic heterocycles. The Morgan fingerprint density at radius 1 is 1.40 bits per heavy atom. The number of carbonyl (C=O) groups is 1. The molecule has 0 bridgehead atoms. The second-order valence-electron chi connectivity index (χ2n) is 4.81. The zero-order chi connectivity index (χ0) is 10.7. The van der Waals surface area contributed by atoms with Crippen LogP contribution in [0.25, 0.3) is 0 Å². The van der Waals surface area contributed by atoms with Crippen LogP contribution in [-0.4, -0.2) is 31.6 Å². The van der Waals surface area contributed by atoms with E-state index >= 15 is 0 Å². The van der Waals surface area contributed by atoms with E-state index in [1.54, 1.807) is 0 Å². The summed E-state index contributed by atoms with van der Waals surface area (Å²) in [6.45, 7) is 4.56. The number of carbonyl (C=O) groups excluding carboxylic acids is 1. The van der Waals surface area contributed by atoms with Crippen LogP contribution in [0, 0.1) is 11.8 Å². The number of hydrogen-bond acceptors (Lipinski definition) is 3. The fourth-order valence-electron chi connectivity index (χ4n) is 2.63. The van der Waals surface area contributed by atoms with E-state index in [9.17, 15) is 4.79 Å². The maximum absolute atomic E-state index is 12.1. The summed E-state index contributed by atoms with van der Waals surface area (Å²) in [6, 6.07) is 0.409. The largest absolute Gasteiger partial charge is 0.381 e. The summed E-state index contributed by atoms with van der Waals surface area (Å²) in [5.41, 5.74) is 0. The second kappa shape index (κ2) is 5.08. The molecule has 2 saturated heterocycles. The summed E-state index contributed by atoms with van der Waals surface area (Å²) in [5.74, 6) is 0.743. The smallest absolute Gasteiger partial charge is 0.142 e. The highest BCUT2D eigenvalue weighted by atomic mass is 16.5. The van der Waals surface area contributed by atoms with E-state index in [0.717, 1.165) is 26.0 Å². The summed E-state index contributed by atoms with van der Waals surface area (Å²) in [5, 5.41) is 3.46. The molecule has 0 aromatic carbocycles. The van der Waals surface area contributed by atoms with Gasteiger partial charge in [0.15, 0.2) is 0 Å². The minimum atomic E-state index is 0.164. The molecule has 2 rings (SSSR count). The van der Waals surface area contributed by atoms with Crippen molar-refractivity contribution in [3.8, 4) is 0 Å². The zero-order valence-electron chi connectivity index (χ0n) is 9.50. The van der Waals surface area contributed by atoms with Gasteiger partial charge in [-0.25, -0.2) is 0 Å². The zero-order valence-corrected chi connectivity index (χ0v) is 9.50. The van der Waals surface area contributed by atoms with E-state index in [-0.39, 0.29) is 11.8 Å². The maximum atomic E-state index is 12.1. The highest BCUT2D eigenvalue weighted by Gasteiger charge is 2.32. The molecule has 2 heterocycles. The number of ether oxygens (including phenoxy) is 1. The molecule has 0 amide bonds. The number of Topliss-reactive ketones (excluding diaryl/α,β-unsaturated/α-hetero) is 1. The van der Waals surface area contributed by atoms with Gasteiger partial charge in [-0.05, 0) is 25.8 Å². The quantitative estimate of drug-likeness (QED) is 0.766. The van der Waals surface area contributed by atoms with Crippen LogP contribution >= 0.6 is 0 Å². The normalized spacial score (nSPS) is 33.9. The van der Waals surface area contributed by atoms with Gasteiger partial charge in [0.2, 0.25) is 0 Å². The van der Waals surface area contributed by atoms with Crippen molar-refractivity contribution in [3.63, 3.8) is 0 Å². The number of hydrogen-bond donors (Lipinski definition) is 1. The van der Waals surface area contributed by atoms with E-state index < -0.39 is 0 Å². The van der Waals surface area contributed by atoms with Gasteiger partial charge in [0.25, 0.3) is 0 Å². The molecule has 0 aliphatic carbocycles. The Morgan fingerprint density at radius 3 is 2.87 bits per heavy atom. The predicted molar refractivity (Wildman–Crippen MR) is 58.7 cm³/mol. The Hall–Kier alpha value is -0.410. The Kier molecular flexibility index (Phi) is 3.76. The lowest BCUT2D eigenvalue weighted by atomic mass is 9.85. The SMILES string of the molecule is CC(C(=O)C1CCOC1)C1CCCCN1. The van der Waals surface area contributed by atoms with E-state index in [2.05, 4.69) is 12.2 Å². The van der Waals surface area contributed by atoms with Crippen LogP contribution in [0.3, 0.4) is 0 Å². The molecule has 2 aliphatic rings. The van der Waals surface area contributed by atoms with Crippen molar-refractivity contribution in [2.75, 3.05) is 19.8 Å². The van der Waals surface area contributed by atoms with Crippen LogP contribution in [0.1, 0.15) is 32.6 Å². The lowest BCUT2D eigenvalue weighted by molar-refractivity contribution is -0.127. The monoisotopic (exact) mass is 211 g/mol. The van der Waals surface area contributed by atoms with Gasteiger partial charge in [-0.3, -0.25) is 4.79 Å². The molecule has 3 heteroatoms. The van der Waals surface area contributed by atoms with Gasteiger partial charge in [0.05, 0.1) is 6.61 Å². The Labute approximate surface area is 91.6 Å². The molecule has 1 N–H and O–H groups in total. The summed E-state index contributed by atoms with van der Waals surface area (Å²) >= 11 is 0. The fourth-order valence-corrected chi connectivity index (χ4v) is 2.63. The van der Waals surface area contributed by atoms with Crippen molar-refractivity contribution in [1.82, 2.24) is 5.32 Å². The molecule has 3 atom stereocenters. The van der Waals surface area contributed by atoms with Crippen molar-refractivity contribution >= 4 is 5.78 Å². The fraction of sp³-hybridized carbons (Fsp3) is 0.917. The molecule has 15 heavy (non-hydrogen) atoms. The number of piperidine rings is 1. The Balaban J connectivity index is 1.87. The third kappa shape index (κ3) is 2.58. The van der Waals surface area contributed by atoms with Crippen LogP contribution in [-0.2, 0) is 9.53 Å². The number of rotatable bonds is 3. The average Bonchev–Trinajstić information content (AvgIpc) is 2.82. The lowest BCUT2D eigenvalue weighted by Crippen LogP contribution is -2.43. The van der Waals surface area contributed by atoms with Crippen molar-refractivity contribution in [1.29, 1.82) is 0 Å². The highest BCUT2D eigenvalue weighted by Crippen LogP contribution is 2.23. The molecule has 0 aromatic heterocycles. The van der Waals surface area contributed by atoms with Crippen LogP contribution in [0.5, 0.6) is 0 Å². The van der Waals surface area contributed by atoms with Gasteiger partial charge >= 0.3 is 0 Å². The Bertz CT molecular complexity index is 218. The average molecular weight is 211 g/mol.